The van der Waals surface area contributed by atoms with Crippen molar-refractivity contribution in [3.05, 3.63) is 24.3 Å². The molecule has 0 rings (SSSR count). The standard InChI is InChI=1S/C53H101O8P/c1-4-7-9-11-13-15-17-19-21-23-25-27-29-31-33-35-37-39-41-43-45-47-52(54)58-49-51(50-60-62(56,57)59-6-3)61-53(55)48-46-44-42-40-38-36-34-32-30-28-26-24-22-20-18-16-14-12-10-8-5-2/h23-26,51H,4-22,27-50H2,1-3H3,(H,56,57)/b25-23-,26-24-. The quantitative estimate of drug-likeness (QED) is 0.0278. The Bertz CT molecular complexity index is 1060. The van der Waals surface area contributed by atoms with Gasteiger partial charge in [-0.3, -0.25) is 18.6 Å². The number of hydrogen-bond acceptors (Lipinski definition) is 7. The second-order valence-corrected chi connectivity index (χ2v) is 19.3. The van der Waals surface area contributed by atoms with Gasteiger partial charge in [0.05, 0.1) is 13.2 Å². The molecule has 0 spiro atoms. The van der Waals surface area contributed by atoms with Gasteiger partial charge in [-0.2, -0.15) is 0 Å². The van der Waals surface area contributed by atoms with Gasteiger partial charge in [-0.05, 0) is 71.1 Å². The van der Waals surface area contributed by atoms with Crippen molar-refractivity contribution < 1.29 is 37.6 Å². The van der Waals surface area contributed by atoms with Crippen LogP contribution in [-0.4, -0.2) is 42.8 Å². The summed E-state index contributed by atoms with van der Waals surface area (Å²) in [5.74, 6) is -0.789. The zero-order valence-corrected chi connectivity index (χ0v) is 41.9. The minimum absolute atomic E-state index is 0.00160. The highest BCUT2D eigenvalue weighted by atomic mass is 31.2. The summed E-state index contributed by atoms with van der Waals surface area (Å²) in [4.78, 5) is 35.0. The number of rotatable bonds is 50. The molecule has 0 aliphatic carbocycles. The summed E-state index contributed by atoms with van der Waals surface area (Å²) in [6.45, 7) is 5.53. The molecule has 0 aromatic heterocycles. The summed E-state index contributed by atoms with van der Waals surface area (Å²) < 4.78 is 32.8. The molecule has 0 saturated carbocycles. The molecular weight excluding hydrogens is 796 g/mol. The Morgan fingerprint density at radius 1 is 0.419 bits per heavy atom. The first-order valence-corrected chi connectivity index (χ1v) is 28.1. The number of ether oxygens (including phenoxy) is 2. The molecule has 62 heavy (non-hydrogen) atoms. The zero-order valence-electron chi connectivity index (χ0n) is 41.0. The number of hydrogen-bond donors (Lipinski definition) is 1. The smallest absolute Gasteiger partial charge is 0.462 e. The van der Waals surface area contributed by atoms with Gasteiger partial charge < -0.3 is 14.4 Å². The molecule has 0 fully saturated rings. The molecule has 366 valence electrons. The lowest BCUT2D eigenvalue weighted by Crippen LogP contribution is -2.29. The van der Waals surface area contributed by atoms with Crippen LogP contribution in [0.4, 0.5) is 0 Å². The van der Waals surface area contributed by atoms with Crippen LogP contribution in [0.15, 0.2) is 24.3 Å². The summed E-state index contributed by atoms with van der Waals surface area (Å²) in [5, 5.41) is 0. The van der Waals surface area contributed by atoms with Gasteiger partial charge in [0.15, 0.2) is 6.10 Å². The molecule has 2 unspecified atom stereocenters. The molecule has 0 heterocycles. The number of phosphoric ester groups is 1. The molecule has 0 aliphatic heterocycles. The summed E-state index contributed by atoms with van der Waals surface area (Å²) in [6, 6.07) is 0. The predicted molar refractivity (Wildman–Crippen MR) is 263 cm³/mol. The third kappa shape index (κ3) is 48.0. The molecule has 0 amide bonds. The number of carbonyl (C=O) groups is 2. The molecule has 2 atom stereocenters. The van der Waals surface area contributed by atoms with Crippen molar-refractivity contribution in [2.45, 2.75) is 284 Å². The van der Waals surface area contributed by atoms with E-state index in [2.05, 4.69) is 38.2 Å². The molecule has 9 heteroatoms. The van der Waals surface area contributed by atoms with E-state index in [1.807, 2.05) is 0 Å². The minimum Gasteiger partial charge on any atom is -0.462 e. The van der Waals surface area contributed by atoms with Crippen LogP contribution in [0.3, 0.4) is 0 Å². The Morgan fingerprint density at radius 2 is 0.726 bits per heavy atom. The Morgan fingerprint density at radius 3 is 1.06 bits per heavy atom. The van der Waals surface area contributed by atoms with E-state index >= 15 is 0 Å². The Balaban J connectivity index is 3.95. The average molecular weight is 897 g/mol. The van der Waals surface area contributed by atoms with Crippen molar-refractivity contribution in [1.29, 1.82) is 0 Å². The van der Waals surface area contributed by atoms with E-state index in [0.29, 0.717) is 12.8 Å². The van der Waals surface area contributed by atoms with Crippen LogP contribution < -0.4 is 0 Å². The summed E-state index contributed by atoms with van der Waals surface area (Å²) in [5.41, 5.74) is 0. The fourth-order valence-electron chi connectivity index (χ4n) is 7.80. The van der Waals surface area contributed by atoms with Crippen molar-refractivity contribution in [2.75, 3.05) is 19.8 Å². The maximum atomic E-state index is 12.6. The lowest BCUT2D eigenvalue weighted by Gasteiger charge is -2.19. The molecule has 1 N–H and O–H groups in total. The van der Waals surface area contributed by atoms with E-state index in [0.717, 1.165) is 32.1 Å². The number of unbranched alkanes of at least 4 members (excludes halogenated alkanes) is 34. The normalized spacial score (nSPS) is 13.3. The molecule has 0 aromatic carbocycles. The van der Waals surface area contributed by atoms with Crippen molar-refractivity contribution in [3.8, 4) is 0 Å². The molecular formula is C53H101O8P. The van der Waals surface area contributed by atoms with Crippen LogP contribution in [0, 0.1) is 0 Å². The van der Waals surface area contributed by atoms with Crippen LogP contribution in [0.5, 0.6) is 0 Å². The van der Waals surface area contributed by atoms with E-state index in [9.17, 15) is 19.0 Å². The van der Waals surface area contributed by atoms with Crippen LogP contribution in [0.2, 0.25) is 0 Å². The highest BCUT2D eigenvalue weighted by Crippen LogP contribution is 2.43. The SMILES string of the molecule is CCCCCCCCCC/C=C\CCCCCCCCCCCC(=O)OCC(COP(=O)(O)OCC)OC(=O)CCCCCCCCCCC/C=C\CCCCCCCCCC. The van der Waals surface area contributed by atoms with Gasteiger partial charge in [-0.1, -0.05) is 218 Å². The van der Waals surface area contributed by atoms with Crippen molar-refractivity contribution >= 4 is 19.8 Å². The third-order valence-corrected chi connectivity index (χ3v) is 12.8. The Kier molecular flexibility index (Phi) is 47.8. The average Bonchev–Trinajstić information content (AvgIpc) is 3.25. The predicted octanol–water partition coefficient (Wildman–Crippen LogP) is 17.4. The van der Waals surface area contributed by atoms with Crippen LogP contribution in [-0.2, 0) is 32.7 Å². The molecule has 0 aromatic rings. The van der Waals surface area contributed by atoms with Crippen molar-refractivity contribution in [1.82, 2.24) is 0 Å². The van der Waals surface area contributed by atoms with Gasteiger partial charge in [0, 0.05) is 12.8 Å². The first-order valence-electron chi connectivity index (χ1n) is 26.6. The van der Waals surface area contributed by atoms with E-state index in [1.54, 1.807) is 6.92 Å². The highest BCUT2D eigenvalue weighted by molar-refractivity contribution is 7.47. The molecule has 0 saturated heterocycles. The minimum atomic E-state index is -4.29. The van der Waals surface area contributed by atoms with E-state index in [4.69, 9.17) is 18.5 Å². The number of carbonyl (C=O) groups excluding carboxylic acids is 2. The topological polar surface area (TPSA) is 108 Å². The summed E-state index contributed by atoms with van der Waals surface area (Å²) in [7, 11) is -4.29. The van der Waals surface area contributed by atoms with E-state index < -0.39 is 26.5 Å². The van der Waals surface area contributed by atoms with Gasteiger partial charge in [0.1, 0.15) is 6.61 Å². The maximum absolute atomic E-state index is 12.6. The summed E-state index contributed by atoms with van der Waals surface area (Å²) >= 11 is 0. The lowest BCUT2D eigenvalue weighted by molar-refractivity contribution is -0.161. The molecule has 0 radical (unpaired) electrons. The first-order chi connectivity index (χ1) is 30.3. The van der Waals surface area contributed by atoms with Gasteiger partial charge in [0.2, 0.25) is 0 Å². The Hall–Kier alpha value is -1.47. The van der Waals surface area contributed by atoms with Crippen LogP contribution in [0.25, 0.3) is 0 Å². The second kappa shape index (κ2) is 49.0. The van der Waals surface area contributed by atoms with E-state index in [1.165, 1.54) is 205 Å². The van der Waals surface area contributed by atoms with Gasteiger partial charge in [0.25, 0.3) is 0 Å². The van der Waals surface area contributed by atoms with Crippen LogP contribution in [0.1, 0.15) is 278 Å². The van der Waals surface area contributed by atoms with E-state index in [-0.39, 0.29) is 25.6 Å². The number of esters is 2. The van der Waals surface area contributed by atoms with Crippen molar-refractivity contribution in [3.63, 3.8) is 0 Å². The molecule has 0 bridgehead atoms. The maximum Gasteiger partial charge on any atom is 0.472 e. The second-order valence-electron chi connectivity index (χ2n) is 17.9. The highest BCUT2D eigenvalue weighted by Gasteiger charge is 2.25. The number of phosphoric acid groups is 1. The third-order valence-electron chi connectivity index (χ3n) is 11.7. The fraction of sp³-hybridized carbons (Fsp3) is 0.887. The zero-order chi connectivity index (χ0) is 45.3. The summed E-state index contributed by atoms with van der Waals surface area (Å²) in [6.07, 6.45) is 56.7. The fourth-order valence-corrected chi connectivity index (χ4v) is 8.55. The van der Waals surface area contributed by atoms with Gasteiger partial charge in [-0.25, -0.2) is 4.57 Å². The first kappa shape index (κ1) is 60.5. The monoisotopic (exact) mass is 897 g/mol. The lowest BCUT2D eigenvalue weighted by atomic mass is 10.1. The Labute approximate surface area is 383 Å². The van der Waals surface area contributed by atoms with Crippen LogP contribution >= 0.6 is 7.82 Å². The largest absolute Gasteiger partial charge is 0.472 e. The van der Waals surface area contributed by atoms with Gasteiger partial charge >= 0.3 is 19.8 Å². The molecule has 0 aliphatic rings. The van der Waals surface area contributed by atoms with Crippen molar-refractivity contribution in [2.24, 2.45) is 0 Å². The molecule has 8 nitrogen and oxygen atoms in total. The number of allylic oxidation sites excluding steroid dienone is 4. The van der Waals surface area contributed by atoms with Gasteiger partial charge in [-0.15, -0.1) is 0 Å².